The fourth-order valence-electron chi connectivity index (χ4n) is 5.16. The summed E-state index contributed by atoms with van der Waals surface area (Å²) in [6.07, 6.45) is 3.33. The van der Waals surface area contributed by atoms with Gasteiger partial charge in [0.25, 0.3) is 0 Å². The number of allylic oxidation sites excluding steroid dienone is 5. The predicted molar refractivity (Wildman–Crippen MR) is 162 cm³/mol. The van der Waals surface area contributed by atoms with E-state index in [0.29, 0.717) is 31.3 Å². The fourth-order valence-corrected chi connectivity index (χ4v) is 5.16. The Hall–Kier alpha value is -2.14. The molecule has 1 aliphatic rings. The van der Waals surface area contributed by atoms with Crippen molar-refractivity contribution in [2.24, 2.45) is 17.8 Å². The molecule has 1 heterocycles. The van der Waals surface area contributed by atoms with E-state index in [4.69, 9.17) is 9.47 Å². The lowest BCUT2D eigenvalue weighted by Gasteiger charge is -2.27. The van der Waals surface area contributed by atoms with Crippen LogP contribution in [0.2, 0.25) is 0 Å². The maximum Gasteiger partial charge on any atom is 0.333 e. The Labute approximate surface area is 251 Å². The van der Waals surface area contributed by atoms with Crippen molar-refractivity contribution in [2.45, 2.75) is 116 Å². The summed E-state index contributed by atoms with van der Waals surface area (Å²) < 4.78 is 10.9. The van der Waals surface area contributed by atoms with Crippen LogP contribution >= 0.6 is 0 Å². The molecule has 0 bridgehead atoms. The van der Waals surface area contributed by atoms with E-state index in [9.17, 15) is 35.1 Å². The smallest absolute Gasteiger partial charge is 0.333 e. The molecule has 9 atom stereocenters. The predicted octanol–water partition coefficient (Wildman–Crippen LogP) is 3.58. The minimum Gasteiger partial charge on any atom is -0.457 e. The summed E-state index contributed by atoms with van der Waals surface area (Å²) in [7, 11) is 1.57. The van der Waals surface area contributed by atoms with Gasteiger partial charge in [0, 0.05) is 19.1 Å². The summed E-state index contributed by atoms with van der Waals surface area (Å²) >= 11 is 0. The van der Waals surface area contributed by atoms with E-state index in [1.165, 1.54) is 0 Å². The highest BCUT2D eigenvalue weighted by atomic mass is 16.6. The highest BCUT2D eigenvalue weighted by Crippen LogP contribution is 2.25. The Bertz CT molecular complexity index is 953. The molecule has 0 fully saturated rings. The van der Waals surface area contributed by atoms with Crippen LogP contribution in [-0.4, -0.2) is 87.6 Å². The first-order valence-corrected chi connectivity index (χ1v) is 15.0. The maximum atomic E-state index is 12.7. The molecule has 0 aromatic carbocycles. The van der Waals surface area contributed by atoms with E-state index >= 15 is 0 Å². The second-order valence-electron chi connectivity index (χ2n) is 12.1. The number of Topliss-reactive ketones (excluding diaryl/α,β-unsaturated/α-hetero) is 1. The lowest BCUT2D eigenvalue weighted by atomic mass is 9.88. The first-order chi connectivity index (χ1) is 19.7. The van der Waals surface area contributed by atoms with Gasteiger partial charge in [0.1, 0.15) is 12.2 Å². The number of carbonyl (C=O) groups excluding carboxylic acids is 2. The minimum absolute atomic E-state index is 0.0222. The highest BCUT2D eigenvalue weighted by Gasteiger charge is 2.32. The molecule has 1 aliphatic heterocycles. The molecule has 9 nitrogen and oxygen atoms in total. The lowest BCUT2D eigenvalue weighted by Crippen LogP contribution is -2.41. The molecule has 2 unspecified atom stereocenters. The average Bonchev–Trinajstić information content (AvgIpc) is 2.93. The first-order valence-electron chi connectivity index (χ1n) is 15.0. The summed E-state index contributed by atoms with van der Waals surface area (Å²) in [6, 6.07) is 0. The van der Waals surface area contributed by atoms with E-state index in [2.05, 4.69) is 13.5 Å². The van der Waals surface area contributed by atoms with Crippen molar-refractivity contribution in [1.82, 2.24) is 0 Å². The van der Waals surface area contributed by atoms with Crippen LogP contribution in [-0.2, 0) is 19.1 Å². The molecule has 0 aliphatic carbocycles. The number of rotatable bonds is 2. The van der Waals surface area contributed by atoms with E-state index in [1.807, 2.05) is 26.0 Å². The number of methoxy groups -OCH3 is 1. The van der Waals surface area contributed by atoms with E-state index in [-0.39, 0.29) is 31.1 Å². The van der Waals surface area contributed by atoms with Crippen LogP contribution in [0.1, 0.15) is 79.6 Å². The van der Waals surface area contributed by atoms with Crippen LogP contribution in [0.4, 0.5) is 0 Å². The molecule has 9 heteroatoms. The van der Waals surface area contributed by atoms with Crippen molar-refractivity contribution >= 4 is 11.8 Å². The Morgan fingerprint density at radius 3 is 2.29 bits per heavy atom. The summed E-state index contributed by atoms with van der Waals surface area (Å²) in [4.78, 5) is 25.2. The topological polar surface area (TPSA) is 154 Å². The van der Waals surface area contributed by atoms with Gasteiger partial charge in [-0.2, -0.15) is 0 Å². The standard InChI is InChI=1S/C33H54O9/c1-20-13-21(2)15-30(41-7)28(36)12-10-8-9-11-22(3)33(40)42-27(19-34)17-25(6)31(38)32(39)29(37)18-26(35)16-24(5)23(4)14-20/h10-12,14,21,24-28,30-32,34-36,38-39H,1,8-9,13,15-19H2,2-7H3/b12-10+,22-11+,23-14+/t21-,24+,25-,26+,27-,28+,30?,31?,32+/m1/s1. The number of carbonyl (C=O) groups is 2. The van der Waals surface area contributed by atoms with Gasteiger partial charge in [-0.05, 0) is 70.1 Å². The number of aliphatic hydroxyl groups is 5. The Morgan fingerprint density at radius 2 is 1.67 bits per heavy atom. The van der Waals surface area contributed by atoms with Gasteiger partial charge in [-0.25, -0.2) is 4.79 Å². The van der Waals surface area contributed by atoms with Gasteiger partial charge in [-0.1, -0.05) is 62.8 Å². The first kappa shape index (κ1) is 37.9. The zero-order valence-corrected chi connectivity index (χ0v) is 26.2. The fraction of sp³-hybridized carbons (Fsp3) is 0.697. The van der Waals surface area contributed by atoms with Gasteiger partial charge >= 0.3 is 5.97 Å². The van der Waals surface area contributed by atoms with E-state index < -0.39 is 60.9 Å². The average molecular weight is 595 g/mol. The molecule has 0 aromatic heterocycles. The molecule has 0 amide bonds. The van der Waals surface area contributed by atoms with Crippen LogP contribution < -0.4 is 0 Å². The number of cyclic esters (lactones) is 1. The van der Waals surface area contributed by atoms with Crippen molar-refractivity contribution in [1.29, 1.82) is 0 Å². The van der Waals surface area contributed by atoms with Gasteiger partial charge in [0.15, 0.2) is 5.78 Å². The summed E-state index contributed by atoms with van der Waals surface area (Å²) in [6.45, 7) is 12.8. The van der Waals surface area contributed by atoms with Gasteiger partial charge in [0.05, 0.1) is 31.0 Å². The molecule has 240 valence electrons. The molecule has 1 rings (SSSR count). The molecular formula is C33H54O9. The van der Waals surface area contributed by atoms with E-state index in [1.54, 1.807) is 33.1 Å². The lowest BCUT2D eigenvalue weighted by molar-refractivity contribution is -0.149. The van der Waals surface area contributed by atoms with Crippen LogP contribution in [0.5, 0.6) is 0 Å². The summed E-state index contributed by atoms with van der Waals surface area (Å²) in [5, 5.41) is 52.1. The van der Waals surface area contributed by atoms with Gasteiger partial charge in [-0.15, -0.1) is 0 Å². The monoisotopic (exact) mass is 594 g/mol. The second-order valence-corrected chi connectivity index (χ2v) is 12.1. The van der Waals surface area contributed by atoms with Gasteiger partial charge in [-0.3, -0.25) is 4.79 Å². The van der Waals surface area contributed by atoms with Gasteiger partial charge in [0.2, 0.25) is 0 Å². The summed E-state index contributed by atoms with van der Waals surface area (Å²) in [5.74, 6) is -1.86. The van der Waals surface area contributed by atoms with Crippen LogP contribution in [0, 0.1) is 17.8 Å². The third-order valence-corrected chi connectivity index (χ3v) is 7.99. The molecule has 5 N–H and O–H groups in total. The summed E-state index contributed by atoms with van der Waals surface area (Å²) in [5.41, 5.74) is 2.26. The molecule has 42 heavy (non-hydrogen) atoms. The molecule has 0 aromatic rings. The van der Waals surface area contributed by atoms with Crippen molar-refractivity contribution < 1.29 is 44.6 Å². The number of ketones is 1. The van der Waals surface area contributed by atoms with Crippen molar-refractivity contribution in [3.05, 3.63) is 47.6 Å². The molecule has 0 radical (unpaired) electrons. The number of ether oxygens (including phenoxy) is 2. The Balaban J connectivity index is 3.14. The van der Waals surface area contributed by atoms with Crippen LogP contribution in [0.25, 0.3) is 0 Å². The van der Waals surface area contributed by atoms with Gasteiger partial charge < -0.3 is 35.0 Å². The number of aliphatic hydroxyl groups excluding tert-OH is 5. The number of hydrogen-bond donors (Lipinski definition) is 5. The third kappa shape index (κ3) is 13.4. The SMILES string of the molecule is C=C1/C=C(\C)[C@@H](C)C[C@H](O)CC(=O)[C@H](O)C(O)[C@H](C)C[C@H](CO)OC(=O)/C(C)=C/CC/C=C/[C@H](O)C(OC)C[C@H](C)C1. The number of hydrogen-bond acceptors (Lipinski definition) is 9. The number of esters is 1. The minimum atomic E-state index is -1.72. The van der Waals surface area contributed by atoms with Crippen molar-refractivity contribution in [3.63, 3.8) is 0 Å². The third-order valence-electron chi connectivity index (χ3n) is 7.99. The highest BCUT2D eigenvalue weighted by molar-refractivity contribution is 5.87. The second kappa shape index (κ2) is 19.2. The zero-order valence-electron chi connectivity index (χ0n) is 26.2. The quantitative estimate of drug-likeness (QED) is 0.238. The molecular weight excluding hydrogens is 540 g/mol. The van der Waals surface area contributed by atoms with Crippen LogP contribution in [0.3, 0.4) is 0 Å². The largest absolute Gasteiger partial charge is 0.457 e. The maximum absolute atomic E-state index is 12.7. The normalized spacial score (nSPS) is 38.1. The molecule has 0 saturated carbocycles. The van der Waals surface area contributed by atoms with Crippen molar-refractivity contribution in [3.8, 4) is 0 Å². The zero-order chi connectivity index (χ0) is 32.0. The Morgan fingerprint density at radius 1 is 1.00 bits per heavy atom. The van der Waals surface area contributed by atoms with E-state index in [0.717, 1.165) is 11.1 Å². The molecule has 0 saturated heterocycles. The van der Waals surface area contributed by atoms with Crippen molar-refractivity contribution in [2.75, 3.05) is 13.7 Å². The molecule has 0 spiro atoms. The Kier molecular flexibility index (Phi) is 17.3. The van der Waals surface area contributed by atoms with Crippen LogP contribution in [0.15, 0.2) is 47.6 Å².